The van der Waals surface area contributed by atoms with Crippen molar-refractivity contribution in [1.29, 1.82) is 0 Å². The molecule has 0 bridgehead atoms. The Balaban J connectivity index is 2.13. The van der Waals surface area contributed by atoms with Gasteiger partial charge < -0.3 is 5.11 Å². The van der Waals surface area contributed by atoms with Gasteiger partial charge in [-0.25, -0.2) is 0 Å². The number of phenols is 1. The lowest BCUT2D eigenvalue weighted by Gasteiger charge is -2.53. The Hall–Kier alpha value is -1.31. The van der Waals surface area contributed by atoms with Gasteiger partial charge in [0, 0.05) is 11.8 Å². The first-order valence-corrected chi connectivity index (χ1v) is 8.57. The number of hydrogen-bond acceptors (Lipinski definition) is 2. The van der Waals surface area contributed by atoms with E-state index in [4.69, 9.17) is 0 Å². The Labute approximate surface area is 133 Å². The highest BCUT2D eigenvalue weighted by Crippen LogP contribution is 2.56. The van der Waals surface area contributed by atoms with Crippen molar-refractivity contribution < 1.29 is 9.90 Å². The summed E-state index contributed by atoms with van der Waals surface area (Å²) < 4.78 is 0. The predicted octanol–water partition coefficient (Wildman–Crippen LogP) is 4.72. The molecule has 2 heteroatoms. The van der Waals surface area contributed by atoms with Crippen molar-refractivity contribution in [2.45, 2.75) is 71.6 Å². The van der Waals surface area contributed by atoms with Gasteiger partial charge >= 0.3 is 0 Å². The zero-order valence-corrected chi connectivity index (χ0v) is 14.5. The molecule has 3 rings (SSSR count). The molecule has 1 aromatic rings. The van der Waals surface area contributed by atoms with E-state index in [2.05, 4.69) is 40.7 Å². The maximum atomic E-state index is 12.4. The third kappa shape index (κ3) is 2.03. The van der Waals surface area contributed by atoms with E-state index in [1.54, 1.807) is 0 Å². The van der Waals surface area contributed by atoms with Crippen molar-refractivity contribution in [2.75, 3.05) is 0 Å². The van der Waals surface area contributed by atoms with Crippen LogP contribution in [0.25, 0.3) is 0 Å². The van der Waals surface area contributed by atoms with E-state index < -0.39 is 0 Å². The lowest BCUT2D eigenvalue weighted by Crippen LogP contribution is -2.52. The highest BCUT2D eigenvalue weighted by atomic mass is 16.3. The summed E-state index contributed by atoms with van der Waals surface area (Å²) in [4.78, 5) is 12.4. The maximum absolute atomic E-state index is 12.4. The smallest absolute Gasteiger partial charge is 0.138 e. The molecule has 1 saturated carbocycles. The van der Waals surface area contributed by atoms with Gasteiger partial charge in [-0.15, -0.1) is 0 Å². The first-order chi connectivity index (χ1) is 10.2. The molecule has 0 saturated heterocycles. The number of benzene rings is 1. The fourth-order valence-corrected chi connectivity index (χ4v) is 5.02. The number of aromatic hydroxyl groups is 1. The maximum Gasteiger partial charge on any atom is 0.138 e. The number of carbonyl (C=O) groups excluding carboxylic acids is 1. The number of phenolic OH excluding ortho intramolecular Hbond substituents is 1. The number of Topliss-reactive ketones (excluding diaryl/α,β-unsaturated/α-hetero) is 1. The molecular weight excluding hydrogens is 272 g/mol. The van der Waals surface area contributed by atoms with Crippen molar-refractivity contribution >= 4 is 5.78 Å². The van der Waals surface area contributed by atoms with Crippen LogP contribution in [0.15, 0.2) is 12.1 Å². The number of hydrogen-bond donors (Lipinski definition) is 1. The summed E-state index contributed by atoms with van der Waals surface area (Å²) in [6, 6.07) is 4.21. The van der Waals surface area contributed by atoms with E-state index in [1.807, 2.05) is 6.07 Å². The summed E-state index contributed by atoms with van der Waals surface area (Å²) >= 11 is 0. The van der Waals surface area contributed by atoms with Crippen molar-refractivity contribution in [2.24, 2.45) is 11.3 Å². The molecule has 0 unspecified atom stereocenters. The molecule has 0 amide bonds. The molecule has 1 aromatic carbocycles. The van der Waals surface area contributed by atoms with Gasteiger partial charge in [-0.3, -0.25) is 4.79 Å². The highest BCUT2D eigenvalue weighted by Gasteiger charge is 2.53. The fraction of sp³-hybridized carbons (Fsp3) is 0.650. The molecule has 2 nitrogen and oxygen atoms in total. The van der Waals surface area contributed by atoms with Gasteiger partial charge in [0.15, 0.2) is 0 Å². The van der Waals surface area contributed by atoms with Crippen molar-refractivity contribution in [3.05, 3.63) is 28.8 Å². The standard InChI is InChI=1S/C20H28O2/c1-12(2)14-10-13-6-7-17-19(3,4)18(22)8-9-20(17,5)15(13)11-16(14)21/h10-12,17,21H,6-9H2,1-5H3/t17-,20+/m1/s1. The zero-order valence-electron chi connectivity index (χ0n) is 14.5. The lowest BCUT2D eigenvalue weighted by atomic mass is 9.50. The van der Waals surface area contributed by atoms with Gasteiger partial charge in [-0.05, 0) is 59.3 Å². The van der Waals surface area contributed by atoms with Gasteiger partial charge in [-0.2, -0.15) is 0 Å². The number of aryl methyl sites for hydroxylation is 1. The topological polar surface area (TPSA) is 37.3 Å². The molecule has 120 valence electrons. The molecule has 22 heavy (non-hydrogen) atoms. The van der Waals surface area contributed by atoms with Crippen molar-refractivity contribution in [1.82, 2.24) is 0 Å². The molecule has 1 N–H and O–H groups in total. The number of rotatable bonds is 1. The molecule has 0 heterocycles. The normalized spacial score (nSPS) is 30.1. The van der Waals surface area contributed by atoms with Crippen LogP contribution in [-0.4, -0.2) is 10.9 Å². The van der Waals surface area contributed by atoms with Gasteiger partial charge in [0.25, 0.3) is 0 Å². The quantitative estimate of drug-likeness (QED) is 0.814. The molecule has 2 atom stereocenters. The SMILES string of the molecule is CC(C)c1cc2c(cc1O)[C@]1(C)CCC(=O)C(C)(C)[C@H]1CC2. The third-order valence-corrected chi connectivity index (χ3v) is 6.42. The van der Waals surface area contributed by atoms with Crippen LogP contribution in [-0.2, 0) is 16.6 Å². The number of ketones is 1. The zero-order chi connectivity index (χ0) is 16.3. The number of fused-ring (bicyclic) bond motifs is 3. The second kappa shape index (κ2) is 4.84. The predicted molar refractivity (Wildman–Crippen MR) is 89.4 cm³/mol. The van der Waals surface area contributed by atoms with E-state index in [0.29, 0.717) is 29.8 Å². The van der Waals surface area contributed by atoms with Crippen LogP contribution in [0, 0.1) is 11.3 Å². The first-order valence-electron chi connectivity index (χ1n) is 8.57. The van der Waals surface area contributed by atoms with Crippen LogP contribution in [0.3, 0.4) is 0 Å². The van der Waals surface area contributed by atoms with E-state index in [9.17, 15) is 9.90 Å². The van der Waals surface area contributed by atoms with Crippen LogP contribution < -0.4 is 0 Å². The van der Waals surface area contributed by atoms with Gasteiger partial charge in [0.1, 0.15) is 11.5 Å². The van der Waals surface area contributed by atoms with Crippen LogP contribution in [0.5, 0.6) is 5.75 Å². The fourth-order valence-electron chi connectivity index (χ4n) is 5.02. The Kier molecular flexibility index (Phi) is 3.43. The highest BCUT2D eigenvalue weighted by molar-refractivity contribution is 5.86. The van der Waals surface area contributed by atoms with Gasteiger partial charge in [0.05, 0.1) is 0 Å². The van der Waals surface area contributed by atoms with Crippen LogP contribution in [0.1, 0.15) is 76.5 Å². The van der Waals surface area contributed by atoms with Gasteiger partial charge in [-0.1, -0.05) is 40.7 Å². The molecule has 0 spiro atoms. The van der Waals surface area contributed by atoms with E-state index in [0.717, 1.165) is 24.8 Å². The first kappa shape index (κ1) is 15.6. The van der Waals surface area contributed by atoms with Gasteiger partial charge in [0.2, 0.25) is 0 Å². The minimum absolute atomic E-state index is 0.0119. The minimum Gasteiger partial charge on any atom is -0.508 e. The van der Waals surface area contributed by atoms with E-state index >= 15 is 0 Å². The molecule has 0 radical (unpaired) electrons. The third-order valence-electron chi connectivity index (χ3n) is 6.42. The number of carbonyl (C=O) groups is 1. The largest absolute Gasteiger partial charge is 0.508 e. The van der Waals surface area contributed by atoms with Crippen molar-refractivity contribution in [3.63, 3.8) is 0 Å². The monoisotopic (exact) mass is 300 g/mol. The van der Waals surface area contributed by atoms with Crippen LogP contribution >= 0.6 is 0 Å². The summed E-state index contributed by atoms with van der Waals surface area (Å²) in [5.74, 6) is 1.53. The van der Waals surface area contributed by atoms with Crippen LogP contribution in [0.2, 0.25) is 0 Å². The van der Waals surface area contributed by atoms with E-state index in [-0.39, 0.29) is 10.8 Å². The average molecular weight is 300 g/mol. The summed E-state index contributed by atoms with van der Waals surface area (Å²) in [5, 5.41) is 10.5. The minimum atomic E-state index is -0.253. The summed E-state index contributed by atoms with van der Waals surface area (Å²) in [6.45, 7) is 10.8. The van der Waals surface area contributed by atoms with Crippen molar-refractivity contribution in [3.8, 4) is 5.75 Å². The lowest BCUT2D eigenvalue weighted by molar-refractivity contribution is -0.137. The Morgan fingerprint density at radius 3 is 2.50 bits per heavy atom. The average Bonchev–Trinajstić information content (AvgIpc) is 2.43. The Bertz CT molecular complexity index is 627. The molecule has 2 aliphatic carbocycles. The second-order valence-corrected chi connectivity index (χ2v) is 8.38. The molecule has 1 fully saturated rings. The summed E-state index contributed by atoms with van der Waals surface area (Å²) in [5.41, 5.74) is 3.47. The Morgan fingerprint density at radius 1 is 1.18 bits per heavy atom. The van der Waals surface area contributed by atoms with Crippen LogP contribution in [0.4, 0.5) is 0 Å². The molecular formula is C20H28O2. The molecule has 0 aromatic heterocycles. The molecule has 0 aliphatic heterocycles. The molecule has 2 aliphatic rings. The Morgan fingerprint density at radius 2 is 1.86 bits per heavy atom. The van der Waals surface area contributed by atoms with E-state index in [1.165, 1.54) is 11.1 Å². The summed E-state index contributed by atoms with van der Waals surface area (Å²) in [6.07, 6.45) is 3.66. The summed E-state index contributed by atoms with van der Waals surface area (Å²) in [7, 11) is 0. The second-order valence-electron chi connectivity index (χ2n) is 8.38.